The van der Waals surface area contributed by atoms with Gasteiger partial charge in [0.05, 0.1) is 14.2 Å². The second-order valence-electron chi connectivity index (χ2n) is 4.21. The summed E-state index contributed by atoms with van der Waals surface area (Å²) in [5.41, 5.74) is 0.478. The van der Waals surface area contributed by atoms with E-state index in [1.165, 1.54) is 14.2 Å². The molecular weight excluding hydrogens is 266 g/mol. The lowest BCUT2D eigenvalue weighted by Crippen LogP contribution is -2.04. The molecular formula is C15H14F2O3. The highest BCUT2D eigenvalue weighted by Gasteiger charge is 2.18. The maximum atomic E-state index is 13.2. The highest BCUT2D eigenvalue weighted by Crippen LogP contribution is 2.33. The average Bonchev–Trinajstić information content (AvgIpc) is 2.44. The van der Waals surface area contributed by atoms with Gasteiger partial charge in [-0.1, -0.05) is 0 Å². The number of benzene rings is 2. The van der Waals surface area contributed by atoms with Crippen LogP contribution in [0.5, 0.6) is 11.5 Å². The van der Waals surface area contributed by atoms with Gasteiger partial charge in [-0.05, 0) is 35.9 Å². The molecule has 1 N–H and O–H groups in total. The predicted molar refractivity (Wildman–Crippen MR) is 70.0 cm³/mol. The molecule has 2 aromatic rings. The Bertz CT molecular complexity index is 594. The number of hydrogen-bond donors (Lipinski definition) is 1. The Balaban J connectivity index is 2.48. The molecule has 2 aromatic carbocycles. The fourth-order valence-electron chi connectivity index (χ4n) is 1.97. The van der Waals surface area contributed by atoms with Gasteiger partial charge in [0, 0.05) is 11.6 Å². The van der Waals surface area contributed by atoms with Gasteiger partial charge in [-0.15, -0.1) is 0 Å². The standard InChI is InChI=1S/C15H14F2O3/c1-19-12-3-4-14(20-2)13(8-12)15(18)9-5-10(16)7-11(17)6-9/h3-8,15,18H,1-2H3. The van der Waals surface area contributed by atoms with Crippen LogP contribution in [0.4, 0.5) is 8.78 Å². The average molecular weight is 280 g/mol. The lowest BCUT2D eigenvalue weighted by Gasteiger charge is -2.16. The molecule has 0 heterocycles. The number of aliphatic hydroxyl groups is 1. The molecule has 1 atom stereocenters. The van der Waals surface area contributed by atoms with Crippen molar-refractivity contribution in [3.63, 3.8) is 0 Å². The molecule has 5 heteroatoms. The summed E-state index contributed by atoms with van der Waals surface area (Å²) in [6.45, 7) is 0. The molecule has 0 aliphatic rings. The van der Waals surface area contributed by atoms with E-state index in [-0.39, 0.29) is 5.56 Å². The zero-order valence-corrected chi connectivity index (χ0v) is 11.1. The SMILES string of the molecule is COc1ccc(OC)c(C(O)c2cc(F)cc(F)c2)c1. The van der Waals surface area contributed by atoms with Crippen molar-refractivity contribution >= 4 is 0 Å². The van der Waals surface area contributed by atoms with Gasteiger partial charge in [-0.25, -0.2) is 8.78 Å². The summed E-state index contributed by atoms with van der Waals surface area (Å²) in [6, 6.07) is 7.75. The van der Waals surface area contributed by atoms with Gasteiger partial charge in [0.2, 0.25) is 0 Å². The summed E-state index contributed by atoms with van der Waals surface area (Å²) < 4.78 is 36.7. The first-order chi connectivity index (χ1) is 9.55. The molecule has 20 heavy (non-hydrogen) atoms. The Morgan fingerprint density at radius 1 is 0.950 bits per heavy atom. The van der Waals surface area contributed by atoms with Gasteiger partial charge in [-0.2, -0.15) is 0 Å². The van der Waals surface area contributed by atoms with E-state index in [4.69, 9.17) is 9.47 Å². The first kappa shape index (κ1) is 14.3. The van der Waals surface area contributed by atoms with Crippen LogP contribution >= 0.6 is 0 Å². The molecule has 0 radical (unpaired) electrons. The van der Waals surface area contributed by atoms with Crippen LogP contribution in [0.3, 0.4) is 0 Å². The molecule has 0 aliphatic carbocycles. The molecule has 2 rings (SSSR count). The summed E-state index contributed by atoms with van der Waals surface area (Å²) in [5, 5.41) is 10.3. The zero-order chi connectivity index (χ0) is 14.7. The third kappa shape index (κ3) is 2.88. The van der Waals surface area contributed by atoms with E-state index in [0.717, 1.165) is 18.2 Å². The number of hydrogen-bond acceptors (Lipinski definition) is 3. The molecule has 0 fully saturated rings. The van der Waals surface area contributed by atoms with Crippen LogP contribution in [0.1, 0.15) is 17.2 Å². The van der Waals surface area contributed by atoms with E-state index in [0.29, 0.717) is 17.1 Å². The molecule has 0 amide bonds. The lowest BCUT2D eigenvalue weighted by atomic mass is 10.00. The normalized spacial score (nSPS) is 12.1. The van der Waals surface area contributed by atoms with Crippen molar-refractivity contribution < 1.29 is 23.4 Å². The summed E-state index contributed by atoms with van der Waals surface area (Å²) in [5.74, 6) is -0.582. The fraction of sp³-hybridized carbons (Fsp3) is 0.200. The fourth-order valence-corrected chi connectivity index (χ4v) is 1.97. The van der Waals surface area contributed by atoms with Crippen molar-refractivity contribution in [3.05, 3.63) is 59.2 Å². The van der Waals surface area contributed by atoms with Crippen LogP contribution in [0.2, 0.25) is 0 Å². The molecule has 0 spiro atoms. The molecule has 0 bridgehead atoms. The summed E-state index contributed by atoms with van der Waals surface area (Å²) in [7, 11) is 2.93. The second-order valence-corrected chi connectivity index (χ2v) is 4.21. The summed E-state index contributed by atoms with van der Waals surface area (Å²) in [4.78, 5) is 0. The maximum Gasteiger partial charge on any atom is 0.126 e. The lowest BCUT2D eigenvalue weighted by molar-refractivity contribution is 0.213. The van der Waals surface area contributed by atoms with Gasteiger partial charge in [0.25, 0.3) is 0 Å². The van der Waals surface area contributed by atoms with E-state index in [1.807, 2.05) is 0 Å². The smallest absolute Gasteiger partial charge is 0.126 e. The Labute approximate surface area is 115 Å². The Morgan fingerprint density at radius 3 is 2.15 bits per heavy atom. The van der Waals surface area contributed by atoms with E-state index in [1.54, 1.807) is 18.2 Å². The van der Waals surface area contributed by atoms with Crippen LogP contribution in [0, 0.1) is 11.6 Å². The molecule has 0 saturated carbocycles. The maximum absolute atomic E-state index is 13.2. The molecule has 106 valence electrons. The third-order valence-electron chi connectivity index (χ3n) is 2.93. The monoisotopic (exact) mass is 280 g/mol. The quantitative estimate of drug-likeness (QED) is 0.935. The predicted octanol–water partition coefficient (Wildman–Crippen LogP) is 3.06. The summed E-state index contributed by atoms with van der Waals surface area (Å²) >= 11 is 0. The van der Waals surface area contributed by atoms with Crippen LogP contribution in [0.25, 0.3) is 0 Å². The van der Waals surface area contributed by atoms with E-state index < -0.39 is 17.7 Å². The molecule has 0 aromatic heterocycles. The molecule has 3 nitrogen and oxygen atoms in total. The zero-order valence-electron chi connectivity index (χ0n) is 11.1. The highest BCUT2D eigenvalue weighted by molar-refractivity contribution is 5.45. The first-order valence-corrected chi connectivity index (χ1v) is 5.91. The third-order valence-corrected chi connectivity index (χ3v) is 2.93. The van der Waals surface area contributed by atoms with E-state index in [9.17, 15) is 13.9 Å². The van der Waals surface area contributed by atoms with Gasteiger partial charge in [0.1, 0.15) is 29.2 Å². The minimum absolute atomic E-state index is 0.106. The largest absolute Gasteiger partial charge is 0.497 e. The van der Waals surface area contributed by atoms with Crippen molar-refractivity contribution in [1.82, 2.24) is 0 Å². The van der Waals surface area contributed by atoms with Gasteiger partial charge < -0.3 is 14.6 Å². The van der Waals surface area contributed by atoms with Crippen LogP contribution in [-0.2, 0) is 0 Å². The van der Waals surface area contributed by atoms with Crippen molar-refractivity contribution in [2.45, 2.75) is 6.10 Å². The Morgan fingerprint density at radius 2 is 1.60 bits per heavy atom. The van der Waals surface area contributed by atoms with Gasteiger partial charge in [-0.3, -0.25) is 0 Å². The topological polar surface area (TPSA) is 38.7 Å². The molecule has 0 aliphatic heterocycles. The van der Waals surface area contributed by atoms with Crippen LogP contribution in [0.15, 0.2) is 36.4 Å². The van der Waals surface area contributed by atoms with Crippen molar-refractivity contribution in [3.8, 4) is 11.5 Å². The minimum atomic E-state index is -1.22. The van der Waals surface area contributed by atoms with Gasteiger partial charge >= 0.3 is 0 Å². The number of rotatable bonds is 4. The number of halogens is 2. The minimum Gasteiger partial charge on any atom is -0.497 e. The highest BCUT2D eigenvalue weighted by atomic mass is 19.1. The Kier molecular flexibility index (Phi) is 4.20. The Hall–Kier alpha value is -2.14. The number of ether oxygens (including phenoxy) is 2. The number of methoxy groups -OCH3 is 2. The number of aliphatic hydroxyl groups excluding tert-OH is 1. The second kappa shape index (κ2) is 5.88. The van der Waals surface area contributed by atoms with Crippen LogP contribution < -0.4 is 9.47 Å². The first-order valence-electron chi connectivity index (χ1n) is 5.91. The van der Waals surface area contributed by atoms with E-state index >= 15 is 0 Å². The van der Waals surface area contributed by atoms with Crippen molar-refractivity contribution in [2.24, 2.45) is 0 Å². The summed E-state index contributed by atoms with van der Waals surface area (Å²) in [6.07, 6.45) is -1.22. The molecule has 0 saturated heterocycles. The van der Waals surface area contributed by atoms with Crippen molar-refractivity contribution in [2.75, 3.05) is 14.2 Å². The molecule has 1 unspecified atom stereocenters. The van der Waals surface area contributed by atoms with Gasteiger partial charge in [0.15, 0.2) is 0 Å². The van der Waals surface area contributed by atoms with E-state index in [2.05, 4.69) is 0 Å². The van der Waals surface area contributed by atoms with Crippen LogP contribution in [-0.4, -0.2) is 19.3 Å². The van der Waals surface area contributed by atoms with Crippen molar-refractivity contribution in [1.29, 1.82) is 0 Å².